The molecule has 0 saturated heterocycles. The van der Waals surface area contributed by atoms with E-state index in [4.69, 9.17) is 16.3 Å². The Hall–Kier alpha value is -1.22. The van der Waals surface area contributed by atoms with Gasteiger partial charge in [-0.2, -0.15) is 0 Å². The Morgan fingerprint density at radius 2 is 2.24 bits per heavy atom. The van der Waals surface area contributed by atoms with Gasteiger partial charge in [-0.25, -0.2) is 0 Å². The van der Waals surface area contributed by atoms with Crippen LogP contribution in [0.4, 0.5) is 0 Å². The molecule has 0 atom stereocenters. The van der Waals surface area contributed by atoms with Gasteiger partial charge in [0.05, 0.1) is 7.11 Å². The lowest BCUT2D eigenvalue weighted by Gasteiger charge is -2.09. The lowest BCUT2D eigenvalue weighted by Crippen LogP contribution is -2.26. The predicted octanol–water partition coefficient (Wildman–Crippen LogP) is 2.16. The van der Waals surface area contributed by atoms with Crippen molar-refractivity contribution in [1.29, 1.82) is 0 Å². The Morgan fingerprint density at radius 3 is 2.82 bits per heavy atom. The number of aryl methyl sites for hydroxylation is 1. The van der Waals surface area contributed by atoms with Gasteiger partial charge in [0.1, 0.15) is 11.6 Å². The Kier molecular flexibility index (Phi) is 5.84. The van der Waals surface area contributed by atoms with E-state index < -0.39 is 0 Å². The SMILES string of the molecule is CCc1cc(CCNC(=O)CCl)ccc1OC. The van der Waals surface area contributed by atoms with Crippen molar-refractivity contribution in [2.45, 2.75) is 19.8 Å². The summed E-state index contributed by atoms with van der Waals surface area (Å²) in [5, 5.41) is 2.74. The molecule has 1 amide bonds. The summed E-state index contributed by atoms with van der Waals surface area (Å²) in [6, 6.07) is 6.11. The van der Waals surface area contributed by atoms with E-state index in [1.807, 2.05) is 12.1 Å². The summed E-state index contributed by atoms with van der Waals surface area (Å²) in [4.78, 5) is 11.0. The molecule has 4 heteroatoms. The number of alkyl halides is 1. The molecule has 0 spiro atoms. The van der Waals surface area contributed by atoms with Gasteiger partial charge in [0, 0.05) is 6.54 Å². The number of hydrogen-bond donors (Lipinski definition) is 1. The van der Waals surface area contributed by atoms with Crippen molar-refractivity contribution in [3.8, 4) is 5.75 Å². The van der Waals surface area contributed by atoms with Gasteiger partial charge >= 0.3 is 0 Å². The van der Waals surface area contributed by atoms with Crippen LogP contribution in [-0.4, -0.2) is 25.4 Å². The Morgan fingerprint density at radius 1 is 1.47 bits per heavy atom. The number of nitrogens with one attached hydrogen (secondary N) is 1. The van der Waals surface area contributed by atoms with E-state index in [1.165, 1.54) is 11.1 Å². The van der Waals surface area contributed by atoms with Gasteiger partial charge in [0.2, 0.25) is 5.91 Å². The summed E-state index contributed by atoms with van der Waals surface area (Å²) in [7, 11) is 1.68. The summed E-state index contributed by atoms with van der Waals surface area (Å²) < 4.78 is 5.26. The number of carbonyl (C=O) groups is 1. The van der Waals surface area contributed by atoms with E-state index in [2.05, 4.69) is 18.3 Å². The van der Waals surface area contributed by atoms with Crippen LogP contribution in [-0.2, 0) is 17.6 Å². The molecule has 1 N–H and O–H groups in total. The molecule has 3 nitrogen and oxygen atoms in total. The fourth-order valence-electron chi connectivity index (χ4n) is 1.66. The zero-order chi connectivity index (χ0) is 12.7. The Bertz CT molecular complexity index is 380. The van der Waals surface area contributed by atoms with E-state index in [1.54, 1.807) is 7.11 Å². The second kappa shape index (κ2) is 7.17. The minimum Gasteiger partial charge on any atom is -0.496 e. The summed E-state index contributed by atoms with van der Waals surface area (Å²) in [6.45, 7) is 2.71. The Balaban J connectivity index is 2.57. The van der Waals surface area contributed by atoms with E-state index in [0.717, 1.165) is 18.6 Å². The first-order chi connectivity index (χ1) is 8.21. The quantitative estimate of drug-likeness (QED) is 0.791. The molecule has 0 radical (unpaired) electrons. The standard InChI is InChI=1S/C13H18ClNO2/c1-3-11-8-10(4-5-12(11)17-2)6-7-15-13(16)9-14/h4-5,8H,3,6-7,9H2,1-2H3,(H,15,16). The fourth-order valence-corrected chi connectivity index (χ4v) is 1.75. The van der Waals surface area contributed by atoms with Gasteiger partial charge in [-0.1, -0.05) is 19.1 Å². The molecule has 0 unspecified atom stereocenters. The van der Waals surface area contributed by atoms with E-state index in [9.17, 15) is 4.79 Å². The summed E-state index contributed by atoms with van der Waals surface area (Å²) in [5.41, 5.74) is 2.38. The van der Waals surface area contributed by atoms with Crippen LogP contribution in [0.25, 0.3) is 0 Å². The number of rotatable bonds is 6. The number of carbonyl (C=O) groups excluding carboxylic acids is 1. The third-order valence-corrected chi connectivity index (χ3v) is 2.83. The van der Waals surface area contributed by atoms with Crippen molar-refractivity contribution in [2.24, 2.45) is 0 Å². The third-order valence-electron chi connectivity index (χ3n) is 2.58. The highest BCUT2D eigenvalue weighted by atomic mass is 35.5. The average molecular weight is 256 g/mol. The zero-order valence-electron chi connectivity index (χ0n) is 10.3. The molecule has 17 heavy (non-hydrogen) atoms. The summed E-state index contributed by atoms with van der Waals surface area (Å²) in [6.07, 6.45) is 1.74. The highest BCUT2D eigenvalue weighted by molar-refractivity contribution is 6.27. The smallest absolute Gasteiger partial charge is 0.234 e. The zero-order valence-corrected chi connectivity index (χ0v) is 11.0. The van der Waals surface area contributed by atoms with Gasteiger partial charge in [0.15, 0.2) is 0 Å². The van der Waals surface area contributed by atoms with Crippen LogP contribution in [0, 0.1) is 0 Å². The van der Waals surface area contributed by atoms with E-state index >= 15 is 0 Å². The molecule has 94 valence electrons. The second-order valence-corrected chi connectivity index (χ2v) is 4.00. The van der Waals surface area contributed by atoms with Crippen molar-refractivity contribution in [1.82, 2.24) is 5.32 Å². The number of methoxy groups -OCH3 is 1. The lowest BCUT2D eigenvalue weighted by atomic mass is 10.1. The molecule has 0 saturated carbocycles. The number of amides is 1. The molecule has 0 aliphatic rings. The first-order valence-corrected chi connectivity index (χ1v) is 6.23. The van der Waals surface area contributed by atoms with Crippen LogP contribution in [0.5, 0.6) is 5.75 Å². The van der Waals surface area contributed by atoms with Crippen molar-refractivity contribution in [2.75, 3.05) is 19.5 Å². The molecule has 1 aromatic carbocycles. The fraction of sp³-hybridized carbons (Fsp3) is 0.462. The van der Waals surface area contributed by atoms with Gasteiger partial charge in [-0.05, 0) is 30.0 Å². The van der Waals surface area contributed by atoms with Crippen LogP contribution in [0.1, 0.15) is 18.1 Å². The van der Waals surface area contributed by atoms with Gasteiger partial charge in [0.25, 0.3) is 0 Å². The van der Waals surface area contributed by atoms with Crippen molar-refractivity contribution in [3.05, 3.63) is 29.3 Å². The molecular weight excluding hydrogens is 238 g/mol. The average Bonchev–Trinajstić information content (AvgIpc) is 2.38. The molecule has 0 aromatic heterocycles. The van der Waals surface area contributed by atoms with Gasteiger partial charge in [-0.15, -0.1) is 11.6 Å². The third kappa shape index (κ3) is 4.27. The highest BCUT2D eigenvalue weighted by Crippen LogP contribution is 2.20. The van der Waals surface area contributed by atoms with Crippen LogP contribution in [0.15, 0.2) is 18.2 Å². The molecule has 0 fully saturated rings. The van der Waals surface area contributed by atoms with Crippen LogP contribution >= 0.6 is 11.6 Å². The topological polar surface area (TPSA) is 38.3 Å². The first-order valence-electron chi connectivity index (χ1n) is 5.69. The predicted molar refractivity (Wildman–Crippen MR) is 69.8 cm³/mol. The normalized spacial score (nSPS) is 10.1. The maximum atomic E-state index is 11.0. The first kappa shape index (κ1) is 13.8. The lowest BCUT2D eigenvalue weighted by molar-refractivity contribution is -0.118. The minimum atomic E-state index is -0.129. The van der Waals surface area contributed by atoms with E-state index in [-0.39, 0.29) is 11.8 Å². The van der Waals surface area contributed by atoms with Crippen LogP contribution in [0.2, 0.25) is 0 Å². The minimum absolute atomic E-state index is 0.0167. The van der Waals surface area contributed by atoms with Crippen molar-refractivity contribution < 1.29 is 9.53 Å². The maximum Gasteiger partial charge on any atom is 0.234 e. The van der Waals surface area contributed by atoms with Crippen molar-refractivity contribution >= 4 is 17.5 Å². The van der Waals surface area contributed by atoms with Crippen molar-refractivity contribution in [3.63, 3.8) is 0 Å². The largest absolute Gasteiger partial charge is 0.496 e. The summed E-state index contributed by atoms with van der Waals surface area (Å²) in [5.74, 6) is 0.806. The number of halogens is 1. The van der Waals surface area contributed by atoms with Gasteiger partial charge < -0.3 is 10.1 Å². The molecule has 0 aliphatic carbocycles. The molecule has 0 bridgehead atoms. The van der Waals surface area contributed by atoms with Gasteiger partial charge in [-0.3, -0.25) is 4.79 Å². The number of benzene rings is 1. The second-order valence-electron chi connectivity index (χ2n) is 3.73. The highest BCUT2D eigenvalue weighted by Gasteiger charge is 2.03. The molecule has 0 aliphatic heterocycles. The number of hydrogen-bond acceptors (Lipinski definition) is 2. The Labute approximate surface area is 107 Å². The monoisotopic (exact) mass is 255 g/mol. The molecular formula is C13H18ClNO2. The van der Waals surface area contributed by atoms with Crippen LogP contribution < -0.4 is 10.1 Å². The van der Waals surface area contributed by atoms with Crippen LogP contribution in [0.3, 0.4) is 0 Å². The maximum absolute atomic E-state index is 11.0. The molecule has 1 rings (SSSR count). The number of ether oxygens (including phenoxy) is 1. The van der Waals surface area contributed by atoms with E-state index in [0.29, 0.717) is 6.54 Å². The molecule has 1 aromatic rings. The molecule has 0 heterocycles. The summed E-state index contributed by atoms with van der Waals surface area (Å²) >= 11 is 5.39.